The number of carbonyl (C=O) groups excluding carboxylic acids is 4. The van der Waals surface area contributed by atoms with Crippen molar-refractivity contribution in [2.24, 2.45) is 11.5 Å². The van der Waals surface area contributed by atoms with Crippen molar-refractivity contribution in [3.05, 3.63) is 0 Å². The number of nitrogens with one attached hydrogen (secondary N) is 2. The number of ether oxygens (including phenoxy) is 1. The lowest BCUT2D eigenvalue weighted by molar-refractivity contribution is -0.163. The van der Waals surface area contributed by atoms with E-state index in [2.05, 4.69) is 4.74 Å². The summed E-state index contributed by atoms with van der Waals surface area (Å²) in [5.41, 5.74) is 9.63. The number of esters is 2. The minimum absolute atomic E-state index is 0.800. The summed E-state index contributed by atoms with van der Waals surface area (Å²) in [6.45, 7) is 0. The average molecular weight is 334 g/mol. The van der Waals surface area contributed by atoms with Crippen molar-refractivity contribution in [2.75, 3.05) is 0 Å². The molecule has 0 aliphatic carbocycles. The van der Waals surface area contributed by atoms with Crippen molar-refractivity contribution in [1.29, 1.82) is 0 Å². The van der Waals surface area contributed by atoms with E-state index in [9.17, 15) is 28.8 Å². The van der Waals surface area contributed by atoms with Crippen LogP contribution in [0.5, 0.6) is 0 Å². The van der Waals surface area contributed by atoms with E-state index in [1.807, 2.05) is 0 Å². The molecule has 0 rings (SSSR count). The summed E-state index contributed by atoms with van der Waals surface area (Å²) in [4.78, 5) is 65.8. The van der Waals surface area contributed by atoms with Gasteiger partial charge in [0.1, 0.15) is 12.1 Å². The average Bonchev–Trinajstić information content (AvgIpc) is 2.34. The van der Waals surface area contributed by atoms with E-state index in [-0.39, 0.29) is 0 Å². The second kappa shape index (κ2) is 8.81. The Balaban J connectivity index is 4.99. The van der Waals surface area contributed by atoms with Crippen molar-refractivity contribution in [2.45, 2.75) is 24.9 Å². The van der Waals surface area contributed by atoms with Crippen LogP contribution in [0.3, 0.4) is 0 Å². The van der Waals surface area contributed by atoms with Gasteiger partial charge < -0.3 is 37.1 Å². The summed E-state index contributed by atoms with van der Waals surface area (Å²) >= 11 is 0. The first-order chi connectivity index (χ1) is 10.5. The van der Waals surface area contributed by atoms with Gasteiger partial charge in [-0.3, -0.25) is 9.59 Å². The van der Waals surface area contributed by atoms with Crippen LogP contribution in [0.2, 0.25) is 0 Å². The normalized spacial score (nSPS) is 12.3. The third-order valence-electron chi connectivity index (χ3n) is 2.18. The Morgan fingerprint density at radius 3 is 1.30 bits per heavy atom. The highest BCUT2D eigenvalue weighted by molar-refractivity contribution is 5.96. The largest absolute Gasteiger partial charge is 0.465 e. The Kier molecular flexibility index (Phi) is 7.51. The monoisotopic (exact) mass is 334 g/mol. The molecule has 0 saturated carbocycles. The zero-order valence-corrected chi connectivity index (χ0v) is 11.5. The molecule has 0 unspecified atom stereocenters. The van der Waals surface area contributed by atoms with Crippen molar-refractivity contribution in [3.8, 4) is 0 Å². The van der Waals surface area contributed by atoms with E-state index in [4.69, 9.17) is 21.7 Å². The number of primary amides is 2. The van der Waals surface area contributed by atoms with Crippen molar-refractivity contribution >= 4 is 35.9 Å². The van der Waals surface area contributed by atoms with Gasteiger partial charge in [-0.1, -0.05) is 0 Å². The molecule has 0 heterocycles. The van der Waals surface area contributed by atoms with Gasteiger partial charge in [0.15, 0.2) is 0 Å². The quantitative estimate of drug-likeness (QED) is 0.197. The van der Waals surface area contributed by atoms with Crippen molar-refractivity contribution in [1.82, 2.24) is 10.6 Å². The lowest BCUT2D eigenvalue weighted by Gasteiger charge is -2.17. The smallest absolute Gasteiger partial charge is 0.405 e. The summed E-state index contributed by atoms with van der Waals surface area (Å²) in [6, 6.07) is -3.57. The number of carbonyl (C=O) groups is 6. The van der Waals surface area contributed by atoms with Gasteiger partial charge in [-0.15, -0.1) is 0 Å². The second-order valence-corrected chi connectivity index (χ2v) is 4.09. The first kappa shape index (κ1) is 19.6. The van der Waals surface area contributed by atoms with Gasteiger partial charge in [-0.2, -0.15) is 0 Å². The molecule has 0 spiro atoms. The molecule has 0 aromatic heterocycles. The van der Waals surface area contributed by atoms with Crippen LogP contribution in [0.15, 0.2) is 0 Å². The molecule has 23 heavy (non-hydrogen) atoms. The number of rotatable bonds is 8. The summed E-state index contributed by atoms with van der Waals surface area (Å²) in [5, 5.41) is 20.2. The molecule has 0 fully saturated rings. The molecule has 128 valence electrons. The zero-order valence-electron chi connectivity index (χ0n) is 11.5. The minimum Gasteiger partial charge on any atom is -0.465 e. The van der Waals surface area contributed by atoms with Gasteiger partial charge in [0, 0.05) is 0 Å². The molecule has 13 heteroatoms. The van der Waals surface area contributed by atoms with Crippen LogP contribution in [0.1, 0.15) is 12.8 Å². The van der Waals surface area contributed by atoms with Crippen LogP contribution in [-0.2, 0) is 23.9 Å². The number of nitrogens with two attached hydrogens (primary N) is 2. The summed E-state index contributed by atoms with van der Waals surface area (Å²) < 4.78 is 4.23. The fraction of sp³-hybridized carbons (Fsp3) is 0.400. The van der Waals surface area contributed by atoms with Gasteiger partial charge in [0.2, 0.25) is 11.8 Å². The van der Waals surface area contributed by atoms with E-state index < -0.39 is 60.9 Å². The van der Waals surface area contributed by atoms with Crippen LogP contribution in [0, 0.1) is 0 Å². The molecule has 0 aromatic carbocycles. The SMILES string of the molecule is NC(=O)C[C@H](NC(=O)O)C(=O)OC(=O)[C@H](CC(N)=O)NC(=O)O. The molecule has 8 N–H and O–H groups in total. The molecule has 0 aliphatic rings. The van der Waals surface area contributed by atoms with Crippen LogP contribution < -0.4 is 22.1 Å². The van der Waals surface area contributed by atoms with Crippen molar-refractivity contribution < 1.29 is 43.7 Å². The summed E-state index contributed by atoms with van der Waals surface area (Å²) in [7, 11) is 0. The van der Waals surface area contributed by atoms with Gasteiger partial charge in [-0.05, 0) is 0 Å². The number of amides is 4. The third kappa shape index (κ3) is 8.49. The maximum absolute atomic E-state index is 11.6. The van der Waals surface area contributed by atoms with E-state index in [1.54, 1.807) is 10.6 Å². The fourth-order valence-corrected chi connectivity index (χ4v) is 1.33. The Morgan fingerprint density at radius 2 is 1.09 bits per heavy atom. The Labute approximate surface area is 127 Å². The van der Waals surface area contributed by atoms with Gasteiger partial charge in [-0.25, -0.2) is 19.2 Å². The van der Waals surface area contributed by atoms with Crippen LogP contribution in [0.4, 0.5) is 9.59 Å². The van der Waals surface area contributed by atoms with E-state index in [0.717, 1.165) is 0 Å². The summed E-state index contributed by atoms with van der Waals surface area (Å²) in [6.07, 6.45) is -4.99. The molecule has 2 atom stereocenters. The predicted molar refractivity (Wildman–Crippen MR) is 68.6 cm³/mol. The second-order valence-electron chi connectivity index (χ2n) is 4.09. The first-order valence-electron chi connectivity index (χ1n) is 5.84. The summed E-state index contributed by atoms with van der Waals surface area (Å²) in [5.74, 6) is -5.13. The number of hydrogen-bond donors (Lipinski definition) is 6. The van der Waals surface area contributed by atoms with Crippen LogP contribution in [0.25, 0.3) is 0 Å². The molecule has 0 radical (unpaired) electrons. The maximum Gasteiger partial charge on any atom is 0.405 e. The van der Waals surface area contributed by atoms with Crippen LogP contribution in [-0.4, -0.2) is 58.2 Å². The highest BCUT2D eigenvalue weighted by atomic mass is 16.6. The third-order valence-corrected chi connectivity index (χ3v) is 2.18. The molecular weight excluding hydrogens is 320 g/mol. The Bertz CT molecular complexity index is 454. The standard InChI is InChI=1S/C10H14N4O9/c11-5(15)1-3(13-9(19)20)7(17)23-8(18)4(2-6(12)16)14-10(21)22/h3-4,13-14H,1-2H2,(H2,11,15)(H2,12,16)(H,19,20)(H,21,22)/t3-,4-/m0/s1. The maximum atomic E-state index is 11.6. The molecular formula is C10H14N4O9. The highest BCUT2D eigenvalue weighted by Gasteiger charge is 2.31. The highest BCUT2D eigenvalue weighted by Crippen LogP contribution is 2.01. The van der Waals surface area contributed by atoms with E-state index in [0.29, 0.717) is 0 Å². The Hall–Kier alpha value is -3.38. The molecule has 13 nitrogen and oxygen atoms in total. The Morgan fingerprint density at radius 1 is 0.783 bits per heavy atom. The van der Waals surface area contributed by atoms with Gasteiger partial charge >= 0.3 is 24.1 Å². The number of carboxylic acid groups (broad SMARTS) is 2. The molecule has 4 amide bonds. The van der Waals surface area contributed by atoms with Crippen molar-refractivity contribution in [3.63, 3.8) is 0 Å². The van der Waals surface area contributed by atoms with Crippen LogP contribution >= 0.6 is 0 Å². The zero-order chi connectivity index (χ0) is 18.2. The van der Waals surface area contributed by atoms with Gasteiger partial charge in [0.05, 0.1) is 12.8 Å². The minimum atomic E-state index is -1.78. The predicted octanol–water partition coefficient (Wildman–Crippen LogP) is -2.92. The van der Waals surface area contributed by atoms with E-state index in [1.165, 1.54) is 0 Å². The lowest BCUT2D eigenvalue weighted by Crippen LogP contribution is -2.48. The molecule has 0 aliphatic heterocycles. The topological polar surface area (TPSA) is 228 Å². The van der Waals surface area contributed by atoms with Gasteiger partial charge in [0.25, 0.3) is 0 Å². The first-order valence-corrected chi connectivity index (χ1v) is 5.84. The number of hydrogen-bond acceptors (Lipinski definition) is 7. The molecule has 0 saturated heterocycles. The molecule has 0 aromatic rings. The van der Waals surface area contributed by atoms with E-state index >= 15 is 0 Å². The molecule has 0 bridgehead atoms. The fourth-order valence-electron chi connectivity index (χ4n) is 1.33. The lowest BCUT2D eigenvalue weighted by atomic mass is 10.2.